The highest BCUT2D eigenvalue weighted by Gasteiger charge is 2.09. The Bertz CT molecular complexity index is 179. The van der Waals surface area contributed by atoms with Gasteiger partial charge >= 0.3 is 0 Å². The third-order valence-electron chi connectivity index (χ3n) is 1.14. The maximum absolute atomic E-state index is 4.22. The molecule has 1 aromatic rings. The summed E-state index contributed by atoms with van der Waals surface area (Å²) in [6.45, 7) is 1.16. The highest BCUT2D eigenvalue weighted by molar-refractivity contribution is 7.99. The number of thioether (sulfide) groups is 1. The Morgan fingerprint density at radius 1 is 1.88 bits per heavy atom. The molecule has 0 aromatic carbocycles. The van der Waals surface area contributed by atoms with Gasteiger partial charge in [-0.2, -0.15) is 0 Å². The van der Waals surface area contributed by atoms with Crippen molar-refractivity contribution in [3.05, 3.63) is 5.93 Å². The first kappa shape index (κ1) is 4.83. The number of aromatic nitrogens is 2. The minimum absolute atomic E-state index is 1.11. The Hall–Kier alpha value is -0.0100. The molecular formula is C4H5N2PS. The van der Waals surface area contributed by atoms with Crippen LogP contribution in [0.25, 0.3) is 0 Å². The van der Waals surface area contributed by atoms with Crippen LogP contribution >= 0.6 is 20.1 Å². The van der Waals surface area contributed by atoms with Gasteiger partial charge in [0, 0.05) is 12.3 Å². The molecule has 0 fully saturated rings. The van der Waals surface area contributed by atoms with E-state index in [4.69, 9.17) is 0 Å². The van der Waals surface area contributed by atoms with Crippen LogP contribution in [-0.2, 0) is 6.54 Å². The van der Waals surface area contributed by atoms with Gasteiger partial charge in [0.05, 0.1) is 14.3 Å². The van der Waals surface area contributed by atoms with Gasteiger partial charge < -0.3 is 4.57 Å². The molecule has 1 aliphatic rings. The molecule has 0 unspecified atom stereocenters. The lowest BCUT2D eigenvalue weighted by Crippen LogP contribution is -1.88. The first-order valence-corrected chi connectivity index (χ1v) is 4.37. The first-order chi connectivity index (χ1) is 3.97. The van der Waals surface area contributed by atoms with Crippen LogP contribution in [-0.4, -0.2) is 15.1 Å². The molecule has 0 bridgehead atoms. The second-order valence-corrected chi connectivity index (χ2v) is 3.38. The van der Waals surface area contributed by atoms with Crippen LogP contribution in [0.5, 0.6) is 0 Å². The minimum atomic E-state index is 1.11. The third-order valence-corrected chi connectivity index (χ3v) is 2.94. The van der Waals surface area contributed by atoms with E-state index in [1.807, 2.05) is 11.8 Å². The molecule has 42 valence electrons. The van der Waals surface area contributed by atoms with Crippen LogP contribution in [0.3, 0.4) is 0 Å². The maximum atomic E-state index is 4.22. The molecule has 2 heterocycles. The standard InChI is InChI=1S/C4H5N2PS/c1-2-8-4-5-7-3-6(1)4/h3H,1-2H2. The fraction of sp³-hybridized carbons (Fsp3) is 0.500. The van der Waals surface area contributed by atoms with Crippen molar-refractivity contribution in [1.82, 2.24) is 9.31 Å². The lowest BCUT2D eigenvalue weighted by Gasteiger charge is -1.85. The highest BCUT2D eigenvalue weighted by atomic mass is 32.2. The molecule has 1 aliphatic heterocycles. The Kier molecular flexibility index (Phi) is 1.05. The van der Waals surface area contributed by atoms with Gasteiger partial charge in [0.2, 0.25) is 0 Å². The summed E-state index contributed by atoms with van der Waals surface area (Å²) in [5, 5.41) is 1.21. The summed E-state index contributed by atoms with van der Waals surface area (Å²) < 4.78 is 6.43. The van der Waals surface area contributed by atoms with E-state index in [0.29, 0.717) is 0 Å². The molecule has 0 saturated heterocycles. The summed E-state index contributed by atoms with van der Waals surface area (Å²) in [5.74, 6) is 3.33. The normalized spacial score (nSPS) is 17.5. The molecule has 0 saturated carbocycles. The number of hydrogen-bond donors (Lipinski definition) is 0. The largest absolute Gasteiger partial charge is 0.321 e. The van der Waals surface area contributed by atoms with Crippen molar-refractivity contribution in [3.8, 4) is 0 Å². The first-order valence-electron chi connectivity index (χ1n) is 2.47. The van der Waals surface area contributed by atoms with Gasteiger partial charge in [-0.3, -0.25) is 0 Å². The van der Waals surface area contributed by atoms with E-state index in [-0.39, 0.29) is 0 Å². The van der Waals surface area contributed by atoms with Gasteiger partial charge in [-0.05, 0) is 0 Å². The average Bonchev–Trinajstić information content (AvgIpc) is 2.15. The van der Waals surface area contributed by atoms with Crippen molar-refractivity contribution in [2.45, 2.75) is 11.7 Å². The lowest BCUT2D eigenvalue weighted by molar-refractivity contribution is 0.719. The quantitative estimate of drug-likeness (QED) is 0.550. The van der Waals surface area contributed by atoms with Gasteiger partial charge in [-0.1, -0.05) is 11.8 Å². The van der Waals surface area contributed by atoms with E-state index in [2.05, 4.69) is 15.2 Å². The van der Waals surface area contributed by atoms with Gasteiger partial charge in [0.1, 0.15) is 0 Å². The molecule has 2 nitrogen and oxygen atoms in total. The number of rotatable bonds is 0. The minimum Gasteiger partial charge on any atom is -0.321 e. The van der Waals surface area contributed by atoms with Crippen molar-refractivity contribution in [1.29, 1.82) is 0 Å². The van der Waals surface area contributed by atoms with Crippen molar-refractivity contribution >= 4 is 20.1 Å². The number of nitrogens with zero attached hydrogens (tertiary/aromatic N) is 2. The maximum Gasteiger partial charge on any atom is 0.172 e. The molecule has 0 atom stereocenters. The SMILES string of the molecule is c1pnc2n1CCS2. The van der Waals surface area contributed by atoms with E-state index in [1.165, 1.54) is 10.9 Å². The van der Waals surface area contributed by atoms with E-state index in [9.17, 15) is 0 Å². The second-order valence-electron chi connectivity index (χ2n) is 1.66. The van der Waals surface area contributed by atoms with Gasteiger partial charge in [-0.25, -0.2) is 4.75 Å². The molecule has 0 N–H and O–H groups in total. The lowest BCUT2D eigenvalue weighted by atomic mass is 10.7. The van der Waals surface area contributed by atoms with Crippen LogP contribution in [0.4, 0.5) is 0 Å². The third kappa shape index (κ3) is 0.583. The average molecular weight is 144 g/mol. The highest BCUT2D eigenvalue weighted by Crippen LogP contribution is 2.25. The molecule has 4 heteroatoms. The molecule has 0 radical (unpaired) electrons. The Labute approximate surface area is 53.5 Å². The summed E-state index contributed by atoms with van der Waals surface area (Å²) in [6.07, 6.45) is 0. The summed E-state index contributed by atoms with van der Waals surface area (Å²) >= 11 is 1.85. The fourth-order valence-corrected chi connectivity index (χ4v) is 2.59. The second kappa shape index (κ2) is 1.74. The predicted molar refractivity (Wildman–Crippen MR) is 35.5 cm³/mol. The molecule has 0 spiro atoms. The van der Waals surface area contributed by atoms with E-state index in [1.54, 1.807) is 0 Å². The molecule has 2 rings (SSSR count). The number of aryl methyl sites for hydroxylation is 1. The van der Waals surface area contributed by atoms with Gasteiger partial charge in [0.25, 0.3) is 0 Å². The summed E-state index contributed by atoms with van der Waals surface area (Å²) in [4.78, 5) is 0. The van der Waals surface area contributed by atoms with Gasteiger partial charge in [0.15, 0.2) is 5.16 Å². The van der Waals surface area contributed by atoms with E-state index >= 15 is 0 Å². The molecular weight excluding hydrogens is 139 g/mol. The Morgan fingerprint density at radius 3 is 3.75 bits per heavy atom. The van der Waals surface area contributed by atoms with E-state index in [0.717, 1.165) is 14.9 Å². The zero-order chi connectivity index (χ0) is 5.40. The predicted octanol–water partition coefficient (Wildman–Crippen LogP) is 1.57. The van der Waals surface area contributed by atoms with Crippen molar-refractivity contribution in [3.63, 3.8) is 0 Å². The number of hydrogen-bond acceptors (Lipinski definition) is 2. The van der Waals surface area contributed by atoms with Crippen LogP contribution in [0, 0.1) is 0 Å². The van der Waals surface area contributed by atoms with Gasteiger partial charge in [-0.15, -0.1) is 0 Å². The molecule has 8 heavy (non-hydrogen) atoms. The summed E-state index contributed by atoms with van der Waals surface area (Å²) in [7, 11) is 1.11. The van der Waals surface area contributed by atoms with E-state index < -0.39 is 0 Å². The van der Waals surface area contributed by atoms with Crippen LogP contribution in [0.2, 0.25) is 0 Å². The summed E-state index contributed by atoms with van der Waals surface area (Å²) in [5.41, 5.74) is 0. The van der Waals surface area contributed by atoms with Crippen LogP contribution < -0.4 is 0 Å². The van der Waals surface area contributed by atoms with Crippen molar-refractivity contribution in [2.75, 3.05) is 5.75 Å². The van der Waals surface area contributed by atoms with Crippen molar-refractivity contribution < 1.29 is 0 Å². The molecule has 0 aliphatic carbocycles. The monoisotopic (exact) mass is 144 g/mol. The molecule has 0 amide bonds. The smallest absolute Gasteiger partial charge is 0.172 e. The Balaban J connectivity index is 2.54. The van der Waals surface area contributed by atoms with Crippen molar-refractivity contribution in [2.24, 2.45) is 0 Å². The summed E-state index contributed by atoms with van der Waals surface area (Å²) in [6, 6.07) is 0. The Morgan fingerprint density at radius 2 is 2.88 bits per heavy atom. The zero-order valence-corrected chi connectivity index (χ0v) is 5.95. The molecule has 1 aromatic heterocycles. The van der Waals surface area contributed by atoms with Crippen LogP contribution in [0.1, 0.15) is 0 Å². The topological polar surface area (TPSA) is 17.8 Å². The van der Waals surface area contributed by atoms with Crippen LogP contribution in [0.15, 0.2) is 11.1 Å². The zero-order valence-electron chi connectivity index (χ0n) is 4.24. The fourth-order valence-electron chi connectivity index (χ4n) is 0.745. The number of fused-ring (bicyclic) bond motifs is 1.